The summed E-state index contributed by atoms with van der Waals surface area (Å²) in [7, 11) is 1.67. The van der Waals surface area contributed by atoms with Gasteiger partial charge in [0.15, 0.2) is 0 Å². The Morgan fingerprint density at radius 2 is 2.27 bits per heavy atom. The van der Waals surface area contributed by atoms with E-state index >= 15 is 0 Å². The minimum Gasteiger partial charge on any atom is -0.380 e. The van der Waals surface area contributed by atoms with Gasteiger partial charge in [-0.2, -0.15) is 0 Å². The number of carbonyl (C=O) groups is 1. The SMILES string of the molecule is CCC(C=O)=Cc1cccc(COC)c1. The van der Waals surface area contributed by atoms with Crippen molar-refractivity contribution < 1.29 is 9.53 Å². The molecule has 1 aromatic rings. The number of hydrogen-bond donors (Lipinski definition) is 0. The zero-order valence-corrected chi connectivity index (χ0v) is 9.19. The van der Waals surface area contributed by atoms with Crippen LogP contribution in [0.4, 0.5) is 0 Å². The van der Waals surface area contributed by atoms with Crippen molar-refractivity contribution in [3.63, 3.8) is 0 Å². The normalized spacial score (nSPS) is 11.5. The monoisotopic (exact) mass is 204 g/mol. The van der Waals surface area contributed by atoms with Gasteiger partial charge in [0.2, 0.25) is 0 Å². The van der Waals surface area contributed by atoms with E-state index in [0.717, 1.165) is 29.4 Å². The summed E-state index contributed by atoms with van der Waals surface area (Å²) < 4.78 is 5.05. The first-order valence-electron chi connectivity index (χ1n) is 5.03. The number of rotatable bonds is 5. The van der Waals surface area contributed by atoms with Crippen molar-refractivity contribution >= 4 is 12.4 Å². The van der Waals surface area contributed by atoms with Crippen LogP contribution >= 0.6 is 0 Å². The molecule has 0 spiro atoms. The average Bonchev–Trinajstić information content (AvgIpc) is 2.27. The van der Waals surface area contributed by atoms with Gasteiger partial charge in [-0.1, -0.05) is 25.1 Å². The number of aldehydes is 1. The summed E-state index contributed by atoms with van der Waals surface area (Å²) in [6.45, 7) is 2.57. The van der Waals surface area contributed by atoms with Gasteiger partial charge in [-0.15, -0.1) is 0 Å². The molecule has 15 heavy (non-hydrogen) atoms. The maximum absolute atomic E-state index is 10.7. The maximum atomic E-state index is 10.7. The third-order valence-electron chi connectivity index (χ3n) is 2.17. The molecule has 0 aliphatic heterocycles. The molecule has 0 fully saturated rings. The molecule has 2 heteroatoms. The van der Waals surface area contributed by atoms with Gasteiger partial charge in [-0.05, 0) is 35.3 Å². The van der Waals surface area contributed by atoms with Gasteiger partial charge in [-0.25, -0.2) is 0 Å². The third kappa shape index (κ3) is 3.68. The van der Waals surface area contributed by atoms with Crippen LogP contribution in [0.1, 0.15) is 24.5 Å². The average molecular weight is 204 g/mol. The van der Waals surface area contributed by atoms with Crippen LogP contribution in [-0.4, -0.2) is 13.4 Å². The van der Waals surface area contributed by atoms with Crippen molar-refractivity contribution in [3.8, 4) is 0 Å². The van der Waals surface area contributed by atoms with Crippen molar-refractivity contribution in [3.05, 3.63) is 41.0 Å². The van der Waals surface area contributed by atoms with Gasteiger partial charge < -0.3 is 4.74 Å². The molecular formula is C13H16O2. The highest BCUT2D eigenvalue weighted by Gasteiger charge is 1.95. The van der Waals surface area contributed by atoms with Crippen LogP contribution < -0.4 is 0 Å². The quantitative estimate of drug-likeness (QED) is 0.544. The number of hydrogen-bond acceptors (Lipinski definition) is 2. The highest BCUT2D eigenvalue weighted by Crippen LogP contribution is 2.11. The third-order valence-corrected chi connectivity index (χ3v) is 2.17. The molecular weight excluding hydrogens is 188 g/mol. The molecule has 0 aliphatic rings. The molecule has 0 saturated heterocycles. The number of ether oxygens (including phenoxy) is 1. The van der Waals surface area contributed by atoms with Crippen LogP contribution in [0.25, 0.3) is 6.08 Å². The molecule has 0 aromatic heterocycles. The molecule has 0 N–H and O–H groups in total. The summed E-state index contributed by atoms with van der Waals surface area (Å²) >= 11 is 0. The van der Waals surface area contributed by atoms with Crippen LogP contribution in [-0.2, 0) is 16.1 Å². The van der Waals surface area contributed by atoms with Crippen molar-refractivity contribution in [2.24, 2.45) is 0 Å². The Labute approximate surface area is 90.6 Å². The fourth-order valence-electron chi connectivity index (χ4n) is 1.37. The van der Waals surface area contributed by atoms with Crippen LogP contribution in [0.2, 0.25) is 0 Å². The molecule has 0 aliphatic carbocycles. The first kappa shape index (κ1) is 11.7. The van der Waals surface area contributed by atoms with Gasteiger partial charge in [-0.3, -0.25) is 4.79 Å². The van der Waals surface area contributed by atoms with E-state index in [-0.39, 0.29) is 0 Å². The molecule has 0 bridgehead atoms. The second-order valence-electron chi connectivity index (χ2n) is 3.37. The van der Waals surface area contributed by atoms with Crippen LogP contribution in [0.5, 0.6) is 0 Å². The second kappa shape index (κ2) is 6.14. The minimum absolute atomic E-state index is 0.601. The van der Waals surface area contributed by atoms with Crippen LogP contribution in [0.15, 0.2) is 29.8 Å². The molecule has 0 heterocycles. The Morgan fingerprint density at radius 1 is 1.47 bits per heavy atom. The summed E-state index contributed by atoms with van der Waals surface area (Å²) in [5, 5.41) is 0. The van der Waals surface area contributed by atoms with Crippen LogP contribution in [0, 0.1) is 0 Å². The van der Waals surface area contributed by atoms with E-state index in [0.29, 0.717) is 6.61 Å². The first-order valence-corrected chi connectivity index (χ1v) is 5.03. The van der Waals surface area contributed by atoms with E-state index in [1.807, 2.05) is 37.3 Å². The maximum Gasteiger partial charge on any atom is 0.146 e. The Bertz CT molecular complexity index is 353. The highest BCUT2D eigenvalue weighted by molar-refractivity contribution is 5.81. The number of methoxy groups -OCH3 is 1. The van der Waals surface area contributed by atoms with Crippen molar-refractivity contribution in [2.75, 3.05) is 7.11 Å². The summed E-state index contributed by atoms with van der Waals surface area (Å²) in [6.07, 6.45) is 3.58. The van der Waals surface area contributed by atoms with Crippen molar-refractivity contribution in [1.29, 1.82) is 0 Å². The predicted octanol–water partition coefficient (Wildman–Crippen LogP) is 2.83. The van der Waals surface area contributed by atoms with E-state index in [1.165, 1.54) is 0 Å². The summed E-state index contributed by atoms with van der Waals surface area (Å²) in [4.78, 5) is 10.7. The zero-order valence-electron chi connectivity index (χ0n) is 9.19. The number of benzene rings is 1. The topological polar surface area (TPSA) is 26.3 Å². The van der Waals surface area contributed by atoms with E-state index in [1.54, 1.807) is 7.11 Å². The number of allylic oxidation sites excluding steroid dienone is 1. The number of carbonyl (C=O) groups excluding carboxylic acids is 1. The van der Waals surface area contributed by atoms with Crippen molar-refractivity contribution in [2.45, 2.75) is 20.0 Å². The van der Waals surface area contributed by atoms with Gasteiger partial charge in [0.25, 0.3) is 0 Å². The molecule has 1 rings (SSSR count). The molecule has 1 aromatic carbocycles. The lowest BCUT2D eigenvalue weighted by Gasteiger charge is -2.01. The standard InChI is InChI=1S/C13H16O2/c1-3-11(9-14)7-12-5-4-6-13(8-12)10-15-2/h4-9H,3,10H2,1-2H3. The highest BCUT2D eigenvalue weighted by atomic mass is 16.5. The van der Waals surface area contributed by atoms with Gasteiger partial charge >= 0.3 is 0 Å². The second-order valence-corrected chi connectivity index (χ2v) is 3.37. The van der Waals surface area contributed by atoms with Crippen LogP contribution in [0.3, 0.4) is 0 Å². The Balaban J connectivity index is 2.89. The smallest absolute Gasteiger partial charge is 0.146 e. The molecule has 0 radical (unpaired) electrons. The van der Waals surface area contributed by atoms with E-state index in [9.17, 15) is 4.79 Å². The molecule has 80 valence electrons. The van der Waals surface area contributed by atoms with Gasteiger partial charge in [0.1, 0.15) is 6.29 Å². The van der Waals surface area contributed by atoms with E-state index in [2.05, 4.69) is 0 Å². The lowest BCUT2D eigenvalue weighted by atomic mass is 10.1. The molecule has 2 nitrogen and oxygen atoms in total. The summed E-state index contributed by atoms with van der Waals surface area (Å²) in [5.41, 5.74) is 2.98. The lowest BCUT2D eigenvalue weighted by molar-refractivity contribution is -0.104. The molecule has 0 unspecified atom stereocenters. The Morgan fingerprint density at radius 3 is 2.87 bits per heavy atom. The van der Waals surface area contributed by atoms with Crippen molar-refractivity contribution in [1.82, 2.24) is 0 Å². The Kier molecular flexibility index (Phi) is 4.78. The summed E-state index contributed by atoms with van der Waals surface area (Å²) in [5.74, 6) is 0. The predicted molar refractivity (Wildman–Crippen MR) is 61.5 cm³/mol. The molecule has 0 amide bonds. The summed E-state index contributed by atoms with van der Waals surface area (Å²) in [6, 6.07) is 7.99. The lowest BCUT2D eigenvalue weighted by Crippen LogP contribution is -1.88. The van der Waals surface area contributed by atoms with Gasteiger partial charge in [0, 0.05) is 7.11 Å². The molecule has 0 saturated carbocycles. The largest absolute Gasteiger partial charge is 0.380 e. The minimum atomic E-state index is 0.601. The molecule has 0 atom stereocenters. The zero-order chi connectivity index (χ0) is 11.1. The Hall–Kier alpha value is -1.41. The first-order chi connectivity index (χ1) is 7.30. The van der Waals surface area contributed by atoms with E-state index in [4.69, 9.17) is 4.74 Å². The van der Waals surface area contributed by atoms with Gasteiger partial charge in [0.05, 0.1) is 6.61 Å². The van der Waals surface area contributed by atoms with E-state index < -0.39 is 0 Å². The fraction of sp³-hybridized carbons (Fsp3) is 0.308. The fourth-order valence-corrected chi connectivity index (χ4v) is 1.37.